The van der Waals surface area contributed by atoms with Crippen LogP contribution in [0.2, 0.25) is 0 Å². The zero-order valence-corrected chi connectivity index (χ0v) is 14.2. The van der Waals surface area contributed by atoms with Crippen LogP contribution in [0.25, 0.3) is 6.08 Å². The first-order chi connectivity index (χ1) is 12.3. The van der Waals surface area contributed by atoms with Gasteiger partial charge in [0, 0.05) is 6.08 Å². The summed E-state index contributed by atoms with van der Waals surface area (Å²) < 4.78 is 53.2. The number of hydrogen-bond donors (Lipinski definition) is 0. The Hall–Kier alpha value is -2.96. The van der Waals surface area contributed by atoms with E-state index in [1.807, 2.05) is 0 Å². The number of methoxy groups -OCH3 is 2. The van der Waals surface area contributed by atoms with Gasteiger partial charge in [-0.25, -0.2) is 4.79 Å². The van der Waals surface area contributed by atoms with Gasteiger partial charge in [0.05, 0.1) is 19.8 Å². The first-order valence-electron chi connectivity index (χ1n) is 7.56. The number of benzene rings is 2. The first kappa shape index (κ1) is 19.4. The van der Waals surface area contributed by atoms with Crippen LogP contribution in [-0.4, -0.2) is 20.2 Å². The molecule has 0 N–H and O–H groups in total. The minimum Gasteiger partial charge on any atom is -0.493 e. The summed E-state index contributed by atoms with van der Waals surface area (Å²) in [5, 5.41) is 0. The van der Waals surface area contributed by atoms with Crippen LogP contribution in [0.15, 0.2) is 48.5 Å². The summed E-state index contributed by atoms with van der Waals surface area (Å²) in [7, 11) is 3.01. The fraction of sp³-hybridized carbons (Fsp3) is 0.211. The van der Waals surface area contributed by atoms with Crippen LogP contribution in [0.5, 0.6) is 11.5 Å². The molecule has 138 valence electrons. The third-order valence-corrected chi connectivity index (χ3v) is 3.45. The molecule has 26 heavy (non-hydrogen) atoms. The van der Waals surface area contributed by atoms with Crippen molar-refractivity contribution >= 4 is 12.0 Å². The van der Waals surface area contributed by atoms with Gasteiger partial charge in [-0.1, -0.05) is 18.2 Å². The van der Waals surface area contributed by atoms with Crippen molar-refractivity contribution in [2.75, 3.05) is 14.2 Å². The second kappa shape index (κ2) is 8.42. The molecule has 0 saturated carbocycles. The average Bonchev–Trinajstić information content (AvgIpc) is 2.64. The molecule has 7 heteroatoms. The molecular formula is C19H17F3O4. The molecular weight excluding hydrogens is 349 g/mol. The number of hydrogen-bond acceptors (Lipinski definition) is 4. The molecule has 2 aromatic carbocycles. The fourth-order valence-corrected chi connectivity index (χ4v) is 2.16. The standard InChI is InChI=1S/C19H17F3O4/c1-24-16-8-6-13(11-17(16)25-2)7-9-18(23)26-12-14-4-3-5-15(10-14)19(20,21)22/h3-11H,12H2,1-2H3/b9-7+. The SMILES string of the molecule is COc1ccc(/C=C/C(=O)OCc2cccc(C(F)(F)F)c2)cc1OC. The van der Waals surface area contributed by atoms with Crippen molar-refractivity contribution in [2.24, 2.45) is 0 Å². The Morgan fingerprint density at radius 1 is 1.04 bits per heavy atom. The smallest absolute Gasteiger partial charge is 0.416 e. The number of carbonyl (C=O) groups is 1. The van der Waals surface area contributed by atoms with E-state index in [1.165, 1.54) is 38.5 Å². The van der Waals surface area contributed by atoms with Crippen molar-refractivity contribution in [3.63, 3.8) is 0 Å². The van der Waals surface area contributed by atoms with E-state index in [4.69, 9.17) is 14.2 Å². The maximum absolute atomic E-state index is 12.7. The number of rotatable bonds is 6. The Labute approximate surface area is 148 Å². The second-order valence-corrected chi connectivity index (χ2v) is 5.25. The van der Waals surface area contributed by atoms with Gasteiger partial charge in [0.2, 0.25) is 0 Å². The van der Waals surface area contributed by atoms with E-state index < -0.39 is 17.7 Å². The van der Waals surface area contributed by atoms with E-state index in [9.17, 15) is 18.0 Å². The third-order valence-electron chi connectivity index (χ3n) is 3.45. The molecule has 0 unspecified atom stereocenters. The first-order valence-corrected chi connectivity index (χ1v) is 7.56. The van der Waals surface area contributed by atoms with Crippen LogP contribution in [0.1, 0.15) is 16.7 Å². The highest BCUT2D eigenvalue weighted by atomic mass is 19.4. The van der Waals surface area contributed by atoms with Crippen LogP contribution in [-0.2, 0) is 22.3 Å². The number of alkyl halides is 3. The monoisotopic (exact) mass is 366 g/mol. The predicted molar refractivity (Wildman–Crippen MR) is 89.8 cm³/mol. The van der Waals surface area contributed by atoms with Crippen molar-refractivity contribution in [1.29, 1.82) is 0 Å². The number of carbonyl (C=O) groups excluding carboxylic acids is 1. The molecule has 0 spiro atoms. The van der Waals surface area contributed by atoms with Crippen LogP contribution in [0.3, 0.4) is 0 Å². The quantitative estimate of drug-likeness (QED) is 0.559. The van der Waals surface area contributed by atoms with Crippen LogP contribution < -0.4 is 9.47 Å². The summed E-state index contributed by atoms with van der Waals surface area (Å²) in [5.74, 6) is 0.390. The Morgan fingerprint density at radius 2 is 1.77 bits per heavy atom. The topological polar surface area (TPSA) is 44.8 Å². The number of ether oxygens (including phenoxy) is 3. The summed E-state index contributed by atoms with van der Waals surface area (Å²) in [4.78, 5) is 11.8. The van der Waals surface area contributed by atoms with Crippen molar-refractivity contribution in [3.8, 4) is 11.5 Å². The van der Waals surface area contributed by atoms with Crippen molar-refractivity contribution < 1.29 is 32.2 Å². The highest BCUT2D eigenvalue weighted by Crippen LogP contribution is 2.30. The lowest BCUT2D eigenvalue weighted by molar-refractivity contribution is -0.138. The zero-order valence-electron chi connectivity index (χ0n) is 14.2. The minimum atomic E-state index is -4.44. The molecule has 0 fully saturated rings. The van der Waals surface area contributed by atoms with Crippen molar-refractivity contribution in [1.82, 2.24) is 0 Å². The molecule has 0 bridgehead atoms. The van der Waals surface area contributed by atoms with Crippen molar-refractivity contribution in [2.45, 2.75) is 12.8 Å². The van der Waals surface area contributed by atoms with Crippen LogP contribution in [0, 0.1) is 0 Å². The van der Waals surface area contributed by atoms with Gasteiger partial charge in [0.25, 0.3) is 0 Å². The molecule has 0 heterocycles. The molecule has 0 aromatic heterocycles. The van der Waals surface area contributed by atoms with Gasteiger partial charge in [-0.3, -0.25) is 0 Å². The molecule has 2 aromatic rings. The summed E-state index contributed by atoms with van der Waals surface area (Å²) in [6.45, 7) is -0.251. The van der Waals surface area contributed by atoms with E-state index >= 15 is 0 Å². The average molecular weight is 366 g/mol. The minimum absolute atomic E-state index is 0.251. The molecule has 0 aliphatic carbocycles. The lowest BCUT2D eigenvalue weighted by Crippen LogP contribution is -2.06. The number of halogens is 3. The summed E-state index contributed by atoms with van der Waals surface area (Å²) >= 11 is 0. The Kier molecular flexibility index (Phi) is 6.27. The highest BCUT2D eigenvalue weighted by Gasteiger charge is 2.30. The Bertz CT molecular complexity index is 798. The van der Waals surface area contributed by atoms with Gasteiger partial charge < -0.3 is 14.2 Å². The van der Waals surface area contributed by atoms with Gasteiger partial charge in [0.15, 0.2) is 11.5 Å². The predicted octanol–water partition coefficient (Wildman–Crippen LogP) is 4.48. The Balaban J connectivity index is 1.98. The Morgan fingerprint density at radius 3 is 2.42 bits per heavy atom. The summed E-state index contributed by atoms with van der Waals surface area (Å²) in [6, 6.07) is 9.72. The molecule has 0 saturated heterocycles. The summed E-state index contributed by atoms with van der Waals surface area (Å²) in [6.07, 6.45) is -1.74. The van der Waals surface area contributed by atoms with E-state index in [1.54, 1.807) is 18.2 Å². The normalized spacial score (nSPS) is 11.4. The highest BCUT2D eigenvalue weighted by molar-refractivity contribution is 5.87. The molecule has 2 rings (SSSR count). The van der Waals surface area contributed by atoms with E-state index in [2.05, 4.69) is 0 Å². The van der Waals surface area contributed by atoms with Crippen LogP contribution >= 0.6 is 0 Å². The van der Waals surface area contributed by atoms with Gasteiger partial charge in [0.1, 0.15) is 6.61 Å². The molecule has 0 aliphatic rings. The van der Waals surface area contributed by atoms with Crippen LogP contribution in [0.4, 0.5) is 13.2 Å². The van der Waals surface area contributed by atoms with Crippen molar-refractivity contribution in [3.05, 3.63) is 65.2 Å². The largest absolute Gasteiger partial charge is 0.493 e. The van der Waals surface area contributed by atoms with E-state index in [0.717, 1.165) is 12.1 Å². The summed E-state index contributed by atoms with van der Waals surface area (Å²) in [5.41, 5.74) is 0.151. The van der Waals surface area contributed by atoms with E-state index in [0.29, 0.717) is 17.1 Å². The molecule has 0 aliphatic heterocycles. The van der Waals surface area contributed by atoms with Gasteiger partial charge >= 0.3 is 12.1 Å². The van der Waals surface area contributed by atoms with Gasteiger partial charge in [-0.2, -0.15) is 13.2 Å². The lowest BCUT2D eigenvalue weighted by Gasteiger charge is -2.09. The lowest BCUT2D eigenvalue weighted by atomic mass is 10.1. The van der Waals surface area contributed by atoms with Gasteiger partial charge in [-0.15, -0.1) is 0 Å². The maximum atomic E-state index is 12.7. The molecule has 0 atom stereocenters. The zero-order chi connectivity index (χ0) is 19.2. The third kappa shape index (κ3) is 5.27. The maximum Gasteiger partial charge on any atom is 0.416 e. The molecule has 0 radical (unpaired) electrons. The number of esters is 1. The molecule has 4 nitrogen and oxygen atoms in total. The van der Waals surface area contributed by atoms with E-state index in [-0.39, 0.29) is 12.2 Å². The second-order valence-electron chi connectivity index (χ2n) is 5.25. The fourth-order valence-electron chi connectivity index (χ4n) is 2.16. The molecule has 0 amide bonds. The van der Waals surface area contributed by atoms with Gasteiger partial charge in [-0.05, 0) is 41.5 Å².